The molecule has 76 valence electrons. The molecule has 0 aliphatic rings. The Bertz CT molecular complexity index is 379. The first kappa shape index (κ1) is 10.8. The molecule has 1 rings (SSSR count). The number of benzene rings is 1. The summed E-state index contributed by atoms with van der Waals surface area (Å²) in [5, 5.41) is 8.06. The molecule has 1 aromatic carbocycles. The molecular formula is C8H4ClF3O2. The third-order valence-corrected chi connectivity index (χ3v) is 1.77. The van der Waals surface area contributed by atoms with Gasteiger partial charge in [0.15, 0.2) is 0 Å². The van der Waals surface area contributed by atoms with Gasteiger partial charge in [-0.3, -0.25) is 0 Å². The van der Waals surface area contributed by atoms with Crippen molar-refractivity contribution in [3.05, 3.63) is 34.6 Å². The maximum atomic E-state index is 12.9. The van der Waals surface area contributed by atoms with Gasteiger partial charge < -0.3 is 5.11 Å². The van der Waals surface area contributed by atoms with E-state index in [-0.39, 0.29) is 5.02 Å². The van der Waals surface area contributed by atoms with E-state index in [1.54, 1.807) is 0 Å². The van der Waals surface area contributed by atoms with Gasteiger partial charge in [-0.05, 0) is 18.2 Å². The second kappa shape index (κ2) is 3.49. The Balaban J connectivity index is 3.26. The Labute approximate surface area is 81.9 Å². The van der Waals surface area contributed by atoms with Gasteiger partial charge in [-0.25, -0.2) is 9.18 Å². The minimum atomic E-state index is -4.24. The SMILES string of the molecule is O=C(O)C(F)(F)c1ccc(Cl)cc1F. The van der Waals surface area contributed by atoms with Gasteiger partial charge in [0.05, 0.1) is 5.56 Å². The Hall–Kier alpha value is -1.23. The quantitative estimate of drug-likeness (QED) is 0.839. The van der Waals surface area contributed by atoms with Crippen LogP contribution in [0.1, 0.15) is 5.56 Å². The summed E-state index contributed by atoms with van der Waals surface area (Å²) >= 11 is 5.31. The van der Waals surface area contributed by atoms with Gasteiger partial charge in [-0.1, -0.05) is 11.6 Å². The summed E-state index contributed by atoms with van der Waals surface area (Å²) in [5.41, 5.74) is -1.20. The highest BCUT2D eigenvalue weighted by Gasteiger charge is 2.43. The topological polar surface area (TPSA) is 37.3 Å². The van der Waals surface area contributed by atoms with Gasteiger partial charge in [0.2, 0.25) is 0 Å². The van der Waals surface area contributed by atoms with Gasteiger partial charge >= 0.3 is 11.9 Å². The smallest absolute Gasteiger partial charge is 0.379 e. The van der Waals surface area contributed by atoms with Gasteiger partial charge in [-0.2, -0.15) is 8.78 Å². The number of carbonyl (C=O) groups is 1. The summed E-state index contributed by atoms with van der Waals surface area (Å²) in [6, 6.07) is 2.27. The molecule has 1 aromatic rings. The van der Waals surface area contributed by atoms with E-state index in [0.29, 0.717) is 12.1 Å². The standard InChI is InChI=1S/C8H4ClF3O2/c9-4-1-2-5(6(10)3-4)8(11,12)7(13)14/h1-3H,(H,13,14). The number of carboxylic acid groups (broad SMARTS) is 1. The van der Waals surface area contributed by atoms with Crippen LogP contribution in [0, 0.1) is 5.82 Å². The van der Waals surface area contributed by atoms with E-state index in [1.807, 2.05) is 0 Å². The largest absolute Gasteiger partial charge is 0.477 e. The molecule has 0 atom stereocenters. The van der Waals surface area contributed by atoms with Gasteiger partial charge in [-0.15, -0.1) is 0 Å². The number of alkyl halides is 2. The Morgan fingerprint density at radius 3 is 2.43 bits per heavy atom. The molecule has 0 aliphatic heterocycles. The molecule has 0 fully saturated rings. The van der Waals surface area contributed by atoms with Crippen LogP contribution in [-0.2, 0) is 10.7 Å². The lowest BCUT2D eigenvalue weighted by Crippen LogP contribution is -2.26. The minimum Gasteiger partial charge on any atom is -0.477 e. The van der Waals surface area contributed by atoms with Crippen molar-refractivity contribution in [2.45, 2.75) is 5.92 Å². The van der Waals surface area contributed by atoms with Crippen LogP contribution in [0.4, 0.5) is 13.2 Å². The second-order valence-electron chi connectivity index (χ2n) is 2.50. The highest BCUT2D eigenvalue weighted by atomic mass is 35.5. The molecule has 0 saturated carbocycles. The molecular weight excluding hydrogens is 221 g/mol. The predicted molar refractivity (Wildman–Crippen MR) is 42.9 cm³/mol. The molecule has 0 aromatic heterocycles. The van der Waals surface area contributed by atoms with Crippen LogP contribution in [0.2, 0.25) is 5.02 Å². The van der Waals surface area contributed by atoms with Gasteiger partial charge in [0.25, 0.3) is 0 Å². The van der Waals surface area contributed by atoms with Crippen molar-refractivity contribution < 1.29 is 23.1 Å². The number of halogens is 4. The molecule has 14 heavy (non-hydrogen) atoms. The average Bonchev–Trinajstić information content (AvgIpc) is 2.02. The van der Waals surface area contributed by atoms with Crippen LogP contribution >= 0.6 is 11.6 Å². The maximum absolute atomic E-state index is 12.9. The predicted octanol–water partition coefficient (Wildman–Crippen LogP) is 2.66. The Morgan fingerprint density at radius 2 is 2.00 bits per heavy atom. The normalized spacial score (nSPS) is 11.4. The number of rotatable bonds is 2. The second-order valence-corrected chi connectivity index (χ2v) is 2.94. The fourth-order valence-electron chi connectivity index (χ4n) is 0.859. The first-order valence-corrected chi connectivity index (χ1v) is 3.80. The van der Waals surface area contributed by atoms with Crippen LogP contribution in [0.5, 0.6) is 0 Å². The summed E-state index contributed by atoms with van der Waals surface area (Å²) in [4.78, 5) is 10.1. The number of hydrogen-bond acceptors (Lipinski definition) is 1. The molecule has 0 bridgehead atoms. The zero-order valence-corrected chi connectivity index (χ0v) is 7.36. The first-order chi connectivity index (χ1) is 6.35. The average molecular weight is 225 g/mol. The van der Waals surface area contributed by atoms with Crippen LogP contribution in [0.25, 0.3) is 0 Å². The summed E-state index contributed by atoms with van der Waals surface area (Å²) in [6.07, 6.45) is 0. The van der Waals surface area contributed by atoms with E-state index >= 15 is 0 Å². The van der Waals surface area contributed by atoms with Crippen LogP contribution in [-0.4, -0.2) is 11.1 Å². The summed E-state index contributed by atoms with van der Waals surface area (Å²) in [7, 11) is 0. The van der Waals surface area contributed by atoms with Crippen molar-refractivity contribution in [3.8, 4) is 0 Å². The molecule has 0 heterocycles. The fraction of sp³-hybridized carbons (Fsp3) is 0.125. The van der Waals surface area contributed by atoms with Crippen molar-refractivity contribution in [2.24, 2.45) is 0 Å². The van der Waals surface area contributed by atoms with Crippen molar-refractivity contribution in [3.63, 3.8) is 0 Å². The highest BCUT2D eigenvalue weighted by Crippen LogP contribution is 2.31. The van der Waals surface area contributed by atoms with Crippen LogP contribution in [0.3, 0.4) is 0 Å². The third kappa shape index (κ3) is 1.82. The molecule has 0 amide bonds. The Kier molecular flexibility index (Phi) is 2.71. The number of aliphatic carboxylic acids is 1. The van der Waals surface area contributed by atoms with Crippen LogP contribution < -0.4 is 0 Å². The monoisotopic (exact) mass is 224 g/mol. The van der Waals surface area contributed by atoms with E-state index < -0.39 is 23.3 Å². The number of carboxylic acids is 1. The summed E-state index contributed by atoms with van der Waals surface area (Å²) in [5.74, 6) is -7.99. The lowest BCUT2D eigenvalue weighted by atomic mass is 10.1. The maximum Gasteiger partial charge on any atom is 0.379 e. The third-order valence-electron chi connectivity index (χ3n) is 1.54. The van der Waals surface area contributed by atoms with E-state index in [9.17, 15) is 18.0 Å². The van der Waals surface area contributed by atoms with E-state index in [0.717, 1.165) is 6.07 Å². The lowest BCUT2D eigenvalue weighted by molar-refractivity contribution is -0.166. The highest BCUT2D eigenvalue weighted by molar-refractivity contribution is 6.30. The molecule has 0 aliphatic carbocycles. The molecule has 1 N–H and O–H groups in total. The van der Waals surface area contributed by atoms with E-state index in [1.165, 1.54) is 0 Å². The zero-order valence-electron chi connectivity index (χ0n) is 6.60. The summed E-state index contributed by atoms with van der Waals surface area (Å²) in [6.45, 7) is 0. The molecule has 2 nitrogen and oxygen atoms in total. The summed E-state index contributed by atoms with van der Waals surface area (Å²) < 4.78 is 38.5. The molecule has 0 radical (unpaired) electrons. The van der Waals surface area contributed by atoms with Crippen LogP contribution in [0.15, 0.2) is 18.2 Å². The van der Waals surface area contributed by atoms with Gasteiger partial charge in [0, 0.05) is 5.02 Å². The zero-order chi connectivity index (χ0) is 10.9. The first-order valence-electron chi connectivity index (χ1n) is 3.42. The molecule has 0 spiro atoms. The fourth-order valence-corrected chi connectivity index (χ4v) is 1.02. The van der Waals surface area contributed by atoms with Crippen molar-refractivity contribution >= 4 is 17.6 Å². The van der Waals surface area contributed by atoms with E-state index in [2.05, 4.69) is 0 Å². The van der Waals surface area contributed by atoms with Gasteiger partial charge in [0.1, 0.15) is 5.82 Å². The Morgan fingerprint density at radius 1 is 1.43 bits per heavy atom. The minimum absolute atomic E-state index is 0.0764. The lowest BCUT2D eigenvalue weighted by Gasteiger charge is -2.11. The van der Waals surface area contributed by atoms with Crippen molar-refractivity contribution in [2.75, 3.05) is 0 Å². The van der Waals surface area contributed by atoms with E-state index in [4.69, 9.17) is 16.7 Å². The molecule has 0 saturated heterocycles. The van der Waals surface area contributed by atoms with Crippen molar-refractivity contribution in [1.29, 1.82) is 0 Å². The molecule has 0 unspecified atom stereocenters. The van der Waals surface area contributed by atoms with Crippen molar-refractivity contribution in [1.82, 2.24) is 0 Å². The number of hydrogen-bond donors (Lipinski definition) is 1. The molecule has 6 heteroatoms.